The van der Waals surface area contributed by atoms with Crippen LogP contribution in [0.25, 0.3) is 0 Å². The van der Waals surface area contributed by atoms with Crippen LogP contribution in [-0.4, -0.2) is 96.2 Å². The molecule has 0 spiro atoms. The van der Waals surface area contributed by atoms with Crippen molar-refractivity contribution in [3.05, 3.63) is 0 Å². The maximum Gasteiger partial charge on any atom is 0.341 e. The van der Waals surface area contributed by atoms with Crippen LogP contribution in [0.5, 0.6) is 0 Å². The molecule has 1 aliphatic carbocycles. The van der Waals surface area contributed by atoms with Crippen LogP contribution in [0.4, 0.5) is 0 Å². The number of aliphatic hydroxyl groups is 1. The highest BCUT2D eigenvalue weighted by atomic mass is 16.6. The summed E-state index contributed by atoms with van der Waals surface area (Å²) in [5.41, 5.74) is -3.88. The number of carbonyl (C=O) groups excluding carboxylic acids is 6. The van der Waals surface area contributed by atoms with Gasteiger partial charge in [0.25, 0.3) is 0 Å². The summed E-state index contributed by atoms with van der Waals surface area (Å²) in [5, 5.41) is 14.0. The highest BCUT2D eigenvalue weighted by molar-refractivity contribution is 5.82. The number of amides is 1. The highest BCUT2D eigenvalue weighted by Crippen LogP contribution is 2.50. The lowest BCUT2D eigenvalue weighted by molar-refractivity contribution is -0.293. The van der Waals surface area contributed by atoms with Crippen LogP contribution in [-0.2, 0) is 57.2 Å². The van der Waals surface area contributed by atoms with Crippen LogP contribution in [0.3, 0.4) is 0 Å². The molecule has 214 valence electrons. The Morgan fingerprint density at radius 2 is 1.55 bits per heavy atom. The molecule has 1 saturated heterocycles. The molecule has 1 amide bonds. The number of rotatable bonds is 10. The third-order valence-corrected chi connectivity index (χ3v) is 6.48. The maximum absolute atomic E-state index is 13.2. The van der Waals surface area contributed by atoms with Crippen LogP contribution in [0.2, 0.25) is 0 Å². The highest BCUT2D eigenvalue weighted by Gasteiger charge is 2.67. The predicted molar refractivity (Wildman–Crippen MR) is 124 cm³/mol. The molecule has 0 aromatic heterocycles. The number of nitrogens with one attached hydrogen (secondary N) is 1. The molecule has 14 nitrogen and oxygen atoms in total. The molecule has 1 heterocycles. The lowest BCUT2D eigenvalue weighted by Crippen LogP contribution is -2.75. The fraction of sp³-hybridized carbons (Fsp3) is 0.750. The largest absolute Gasteiger partial charge is 0.467 e. The van der Waals surface area contributed by atoms with E-state index in [0.717, 1.165) is 34.8 Å². The van der Waals surface area contributed by atoms with E-state index in [0.29, 0.717) is 6.42 Å². The normalized spacial score (nSPS) is 27.4. The molecule has 2 fully saturated rings. The van der Waals surface area contributed by atoms with E-state index in [1.807, 2.05) is 0 Å². The summed E-state index contributed by atoms with van der Waals surface area (Å²) in [5.74, 6) is -4.81. The van der Waals surface area contributed by atoms with Gasteiger partial charge in [-0.1, -0.05) is 0 Å². The molecular formula is C24H35NO13. The smallest absolute Gasteiger partial charge is 0.341 e. The Labute approximate surface area is 219 Å². The zero-order valence-electron chi connectivity index (χ0n) is 22.3. The minimum atomic E-state index is -2.12. The van der Waals surface area contributed by atoms with E-state index in [4.69, 9.17) is 28.4 Å². The van der Waals surface area contributed by atoms with E-state index in [-0.39, 0.29) is 12.8 Å². The summed E-state index contributed by atoms with van der Waals surface area (Å²) in [7, 11) is 1.08. The Hall–Kier alpha value is -3.26. The van der Waals surface area contributed by atoms with E-state index in [1.165, 1.54) is 6.92 Å². The van der Waals surface area contributed by atoms with Crippen molar-refractivity contribution >= 4 is 35.8 Å². The first-order valence-corrected chi connectivity index (χ1v) is 12.1. The molecule has 0 unspecified atom stereocenters. The first-order chi connectivity index (χ1) is 17.7. The van der Waals surface area contributed by atoms with Gasteiger partial charge < -0.3 is 38.8 Å². The van der Waals surface area contributed by atoms with Crippen molar-refractivity contribution in [1.82, 2.24) is 5.32 Å². The predicted octanol–water partition coefficient (Wildman–Crippen LogP) is -0.535. The fourth-order valence-electron chi connectivity index (χ4n) is 4.84. The quantitative estimate of drug-likeness (QED) is 0.263. The summed E-state index contributed by atoms with van der Waals surface area (Å²) >= 11 is 0. The SMILES string of the molecule is COC(=O)[C@@]1(C2(O)CCC2)C[C@H](OC(C)=O)[C@@H](NC(C)=O)[C@H]([C@H](OC(C)=O)[C@@H](COC(C)=O)OC(C)=O)O1. The summed E-state index contributed by atoms with van der Waals surface area (Å²) in [6.45, 7) is 4.92. The van der Waals surface area contributed by atoms with E-state index in [1.54, 1.807) is 0 Å². The molecule has 0 radical (unpaired) electrons. The molecule has 0 aromatic rings. The molecule has 1 saturated carbocycles. The van der Waals surface area contributed by atoms with E-state index < -0.39 is 90.4 Å². The lowest BCUT2D eigenvalue weighted by atomic mass is 9.64. The standard InChI is InChI=1S/C24H35NO13/c1-12(26)25-19-17(35-14(3)28)10-24(22(31)33-6,23(32)8-7-9-23)38-21(19)20(37-16(5)30)18(36-15(4)29)11-34-13(2)27/h17-21,32H,7-11H2,1-6H3,(H,25,26)/t17-,18+,19+,20+,21+,24+/m0/s1. The van der Waals surface area contributed by atoms with Gasteiger partial charge >= 0.3 is 29.8 Å². The Morgan fingerprint density at radius 1 is 0.947 bits per heavy atom. The van der Waals surface area contributed by atoms with Crippen molar-refractivity contribution in [2.24, 2.45) is 0 Å². The zero-order valence-corrected chi connectivity index (χ0v) is 22.3. The minimum absolute atomic E-state index is 0.130. The van der Waals surface area contributed by atoms with Gasteiger partial charge in [-0.3, -0.25) is 24.0 Å². The van der Waals surface area contributed by atoms with Crippen LogP contribution in [0, 0.1) is 0 Å². The Balaban J connectivity index is 2.75. The molecular weight excluding hydrogens is 510 g/mol. The second-order valence-electron chi connectivity index (χ2n) is 9.39. The van der Waals surface area contributed by atoms with Gasteiger partial charge in [0, 0.05) is 41.0 Å². The van der Waals surface area contributed by atoms with Crippen molar-refractivity contribution in [1.29, 1.82) is 0 Å². The molecule has 2 rings (SSSR count). The fourth-order valence-corrected chi connectivity index (χ4v) is 4.84. The van der Waals surface area contributed by atoms with Gasteiger partial charge in [0.05, 0.1) is 13.2 Å². The topological polar surface area (TPSA) is 190 Å². The Morgan fingerprint density at radius 3 is 1.97 bits per heavy atom. The van der Waals surface area contributed by atoms with Crippen molar-refractivity contribution in [2.75, 3.05) is 13.7 Å². The molecule has 2 aliphatic rings. The first kappa shape index (κ1) is 31.0. The third kappa shape index (κ3) is 6.98. The van der Waals surface area contributed by atoms with Crippen LogP contribution < -0.4 is 5.32 Å². The monoisotopic (exact) mass is 545 g/mol. The molecule has 2 N–H and O–H groups in total. The number of esters is 5. The van der Waals surface area contributed by atoms with E-state index >= 15 is 0 Å². The van der Waals surface area contributed by atoms with Crippen molar-refractivity contribution in [2.45, 2.75) is 102 Å². The molecule has 6 atom stereocenters. The van der Waals surface area contributed by atoms with E-state index in [2.05, 4.69) is 5.32 Å². The number of hydrogen-bond acceptors (Lipinski definition) is 13. The third-order valence-electron chi connectivity index (χ3n) is 6.48. The van der Waals surface area contributed by atoms with Crippen LogP contribution >= 0.6 is 0 Å². The van der Waals surface area contributed by atoms with Crippen LogP contribution in [0.1, 0.15) is 60.3 Å². The molecule has 38 heavy (non-hydrogen) atoms. The maximum atomic E-state index is 13.2. The number of carbonyl (C=O) groups is 6. The van der Waals surface area contributed by atoms with Crippen LogP contribution in [0.15, 0.2) is 0 Å². The summed E-state index contributed by atoms with van der Waals surface area (Å²) in [4.78, 5) is 73.2. The van der Waals surface area contributed by atoms with Gasteiger partial charge in [-0.25, -0.2) is 4.79 Å². The number of methoxy groups -OCH3 is 1. The Kier molecular flexibility index (Phi) is 10.2. The van der Waals surface area contributed by atoms with Gasteiger partial charge in [0.1, 0.15) is 24.4 Å². The van der Waals surface area contributed by atoms with Crippen molar-refractivity contribution < 1.29 is 62.3 Å². The van der Waals surface area contributed by atoms with Gasteiger partial charge in [0.15, 0.2) is 17.8 Å². The van der Waals surface area contributed by atoms with Gasteiger partial charge in [-0.2, -0.15) is 0 Å². The minimum Gasteiger partial charge on any atom is -0.467 e. The second-order valence-corrected chi connectivity index (χ2v) is 9.39. The first-order valence-electron chi connectivity index (χ1n) is 12.1. The molecule has 0 bridgehead atoms. The Bertz CT molecular complexity index is 946. The summed E-state index contributed by atoms with van der Waals surface area (Å²) in [6.07, 6.45) is -5.55. The van der Waals surface area contributed by atoms with Crippen molar-refractivity contribution in [3.8, 4) is 0 Å². The number of hydrogen-bond donors (Lipinski definition) is 2. The van der Waals surface area contributed by atoms with Gasteiger partial charge in [0.2, 0.25) is 5.91 Å². The number of ether oxygens (including phenoxy) is 6. The average Bonchev–Trinajstić information content (AvgIpc) is 2.78. The van der Waals surface area contributed by atoms with Crippen molar-refractivity contribution in [3.63, 3.8) is 0 Å². The van der Waals surface area contributed by atoms with Gasteiger partial charge in [-0.15, -0.1) is 0 Å². The lowest BCUT2D eigenvalue weighted by Gasteiger charge is -2.56. The van der Waals surface area contributed by atoms with Gasteiger partial charge in [-0.05, 0) is 19.3 Å². The second kappa shape index (κ2) is 12.5. The molecule has 0 aromatic carbocycles. The molecule has 14 heteroatoms. The summed E-state index contributed by atoms with van der Waals surface area (Å²) < 4.78 is 32.5. The molecule has 1 aliphatic heterocycles. The zero-order chi connectivity index (χ0) is 28.8. The average molecular weight is 546 g/mol. The summed E-state index contributed by atoms with van der Waals surface area (Å²) in [6, 6.07) is -1.27. The van der Waals surface area contributed by atoms with E-state index in [9.17, 15) is 33.9 Å².